The molecule has 0 bridgehead atoms. The minimum atomic E-state index is -1.12. The number of rotatable bonds is 6. The van der Waals surface area contributed by atoms with Gasteiger partial charge in [-0.2, -0.15) is 0 Å². The fourth-order valence-corrected chi connectivity index (χ4v) is 3.27. The number of aliphatic carboxylic acids is 1. The maximum Gasteiger partial charge on any atom is 1.00 e. The molecule has 0 saturated carbocycles. The molecule has 1 N–H and O–H groups in total. The summed E-state index contributed by atoms with van der Waals surface area (Å²) in [6.45, 7) is 0. The number of carboxylic acid groups (broad SMARTS) is 1. The van der Waals surface area contributed by atoms with Crippen LogP contribution in [0.2, 0.25) is 0 Å². The van der Waals surface area contributed by atoms with Crippen molar-refractivity contribution in [2.45, 2.75) is 18.1 Å². The summed E-state index contributed by atoms with van der Waals surface area (Å²) in [6.07, 6.45) is 0.338. The number of benzene rings is 2. The third-order valence-electron chi connectivity index (χ3n) is 3.62. The number of hydrogen-bond donors (Lipinski definition) is 1. The van der Waals surface area contributed by atoms with Crippen molar-refractivity contribution in [2.75, 3.05) is 0 Å². The molecule has 26 heavy (non-hydrogen) atoms. The van der Waals surface area contributed by atoms with Crippen LogP contribution in [0.1, 0.15) is 11.1 Å². The van der Waals surface area contributed by atoms with Crippen LogP contribution in [-0.2, 0) is 22.4 Å². The second kappa shape index (κ2) is 9.23. The number of carbonyl (C=O) groups is 3. The maximum atomic E-state index is 11.6. The molecule has 1 aliphatic rings. The number of carbonyl (C=O) groups excluding carboxylic acids is 3. The molecule has 6 nitrogen and oxygen atoms in total. The molecule has 1 atom stereocenters. The van der Waals surface area contributed by atoms with Gasteiger partial charge in [0.15, 0.2) is 0 Å². The molecule has 3 rings (SSSR count). The van der Waals surface area contributed by atoms with Crippen LogP contribution >= 0.6 is 11.8 Å². The molecule has 2 aromatic carbocycles. The summed E-state index contributed by atoms with van der Waals surface area (Å²) in [5.41, 5.74) is 1.57. The quantitative estimate of drug-likeness (QED) is 0.625. The third kappa shape index (κ3) is 5.60. The van der Waals surface area contributed by atoms with E-state index in [1.165, 1.54) is 0 Å². The molecule has 1 saturated heterocycles. The van der Waals surface area contributed by atoms with E-state index in [2.05, 4.69) is 5.32 Å². The Morgan fingerprint density at radius 1 is 1.00 bits per heavy atom. The van der Waals surface area contributed by atoms with Crippen LogP contribution < -0.4 is 44.7 Å². The van der Waals surface area contributed by atoms with Crippen molar-refractivity contribution >= 4 is 28.9 Å². The van der Waals surface area contributed by atoms with Gasteiger partial charge in [-0.15, -0.1) is 0 Å². The van der Waals surface area contributed by atoms with E-state index in [0.717, 1.165) is 17.3 Å². The zero-order valence-corrected chi connectivity index (χ0v) is 16.9. The van der Waals surface area contributed by atoms with Crippen molar-refractivity contribution < 1.29 is 53.8 Å². The number of amides is 2. The smallest absolute Gasteiger partial charge is 0.550 e. The van der Waals surface area contributed by atoms with E-state index in [1.807, 2.05) is 12.1 Å². The number of nitrogens with one attached hydrogen (secondary N) is 1. The summed E-state index contributed by atoms with van der Waals surface area (Å²) in [6, 6.07) is 14.0. The van der Waals surface area contributed by atoms with E-state index in [9.17, 15) is 19.5 Å². The average molecular weight is 379 g/mol. The van der Waals surface area contributed by atoms with Gasteiger partial charge in [-0.05, 0) is 41.8 Å². The standard InChI is InChI=1S/C18H15NO5S.Na/c20-16(21)10-12-3-7-14(8-4-12)24-13-5-1-11(2-6-13)9-15-17(22)19-18(23)25-15;/h1-8,15H,9-10H2,(H,20,21)(H,19,22,23);/q;+1/p-1. The van der Waals surface area contributed by atoms with Gasteiger partial charge in [0.2, 0.25) is 5.91 Å². The Bertz CT molecular complexity index is 807. The Hall–Kier alpha value is -1.80. The monoisotopic (exact) mass is 379 g/mol. The van der Waals surface area contributed by atoms with Gasteiger partial charge in [0.25, 0.3) is 5.24 Å². The first-order valence-electron chi connectivity index (χ1n) is 7.56. The molecule has 128 valence electrons. The molecule has 1 fully saturated rings. The van der Waals surface area contributed by atoms with E-state index < -0.39 is 11.2 Å². The van der Waals surface area contributed by atoms with Crippen LogP contribution in [0.4, 0.5) is 4.79 Å². The van der Waals surface area contributed by atoms with Crippen molar-refractivity contribution in [3.05, 3.63) is 59.7 Å². The van der Waals surface area contributed by atoms with Gasteiger partial charge in [0.05, 0.1) is 5.25 Å². The van der Waals surface area contributed by atoms with Crippen LogP contribution in [-0.4, -0.2) is 22.4 Å². The van der Waals surface area contributed by atoms with Gasteiger partial charge in [-0.3, -0.25) is 14.9 Å². The molecule has 0 aliphatic carbocycles. The zero-order chi connectivity index (χ0) is 17.8. The van der Waals surface area contributed by atoms with Gasteiger partial charge in [0.1, 0.15) is 11.5 Å². The van der Waals surface area contributed by atoms with Crippen molar-refractivity contribution in [1.29, 1.82) is 0 Å². The number of ether oxygens (including phenoxy) is 1. The van der Waals surface area contributed by atoms with E-state index in [4.69, 9.17) is 4.74 Å². The predicted octanol–water partition coefficient (Wildman–Crippen LogP) is -1.33. The first-order valence-corrected chi connectivity index (χ1v) is 8.44. The normalized spacial score (nSPS) is 15.9. The second-order valence-corrected chi connectivity index (χ2v) is 6.70. The Labute approximate surface area is 176 Å². The molecule has 1 heterocycles. The molecular formula is C18H14NNaO5S. The Balaban J connectivity index is 0.00000243. The number of thioether (sulfide) groups is 1. The zero-order valence-electron chi connectivity index (χ0n) is 14.1. The number of imide groups is 1. The number of carboxylic acids is 1. The van der Waals surface area contributed by atoms with Crippen molar-refractivity contribution in [2.24, 2.45) is 0 Å². The summed E-state index contributed by atoms with van der Waals surface area (Å²) < 4.78 is 5.70. The Morgan fingerprint density at radius 2 is 1.54 bits per heavy atom. The van der Waals surface area contributed by atoms with Crippen LogP contribution in [0, 0.1) is 0 Å². The average Bonchev–Trinajstić information content (AvgIpc) is 2.88. The summed E-state index contributed by atoms with van der Waals surface area (Å²) in [7, 11) is 0. The van der Waals surface area contributed by atoms with Crippen LogP contribution in [0.15, 0.2) is 48.5 Å². The first-order chi connectivity index (χ1) is 12.0. The van der Waals surface area contributed by atoms with Gasteiger partial charge in [-0.25, -0.2) is 0 Å². The first kappa shape index (κ1) is 20.5. The fraction of sp³-hybridized carbons (Fsp3) is 0.167. The molecule has 2 amide bonds. The topological polar surface area (TPSA) is 95.5 Å². The molecule has 8 heteroatoms. The van der Waals surface area contributed by atoms with Gasteiger partial charge < -0.3 is 14.6 Å². The van der Waals surface area contributed by atoms with Crippen molar-refractivity contribution in [1.82, 2.24) is 5.32 Å². The minimum absolute atomic E-state index is 0. The number of hydrogen-bond acceptors (Lipinski definition) is 6. The largest absolute Gasteiger partial charge is 1.00 e. The molecule has 0 spiro atoms. The summed E-state index contributed by atoms with van der Waals surface area (Å²) >= 11 is 1.00. The summed E-state index contributed by atoms with van der Waals surface area (Å²) in [4.78, 5) is 33.3. The molecule has 1 aliphatic heterocycles. The Morgan fingerprint density at radius 3 is 2.00 bits per heavy atom. The molecule has 1 unspecified atom stereocenters. The minimum Gasteiger partial charge on any atom is -0.550 e. The van der Waals surface area contributed by atoms with Crippen LogP contribution in [0.25, 0.3) is 0 Å². The Kier molecular flexibility index (Phi) is 7.28. The maximum absolute atomic E-state index is 11.6. The second-order valence-electron chi connectivity index (χ2n) is 5.53. The van der Waals surface area contributed by atoms with E-state index in [-0.39, 0.29) is 47.1 Å². The van der Waals surface area contributed by atoms with Gasteiger partial charge >= 0.3 is 29.6 Å². The van der Waals surface area contributed by atoms with E-state index >= 15 is 0 Å². The molecule has 2 aromatic rings. The third-order valence-corrected chi connectivity index (χ3v) is 4.60. The van der Waals surface area contributed by atoms with Crippen LogP contribution in [0.3, 0.4) is 0 Å². The van der Waals surface area contributed by atoms with E-state index in [1.54, 1.807) is 36.4 Å². The predicted molar refractivity (Wildman–Crippen MR) is 90.3 cm³/mol. The van der Waals surface area contributed by atoms with E-state index in [0.29, 0.717) is 23.5 Å². The van der Waals surface area contributed by atoms with Crippen LogP contribution in [0.5, 0.6) is 11.5 Å². The fourth-order valence-electron chi connectivity index (χ4n) is 2.41. The van der Waals surface area contributed by atoms with Gasteiger partial charge in [-0.1, -0.05) is 36.0 Å². The molecular weight excluding hydrogens is 365 g/mol. The van der Waals surface area contributed by atoms with Gasteiger partial charge in [0, 0.05) is 12.4 Å². The summed E-state index contributed by atoms with van der Waals surface area (Å²) in [5, 5.41) is 12.1. The van der Waals surface area contributed by atoms with Crippen molar-refractivity contribution in [3.63, 3.8) is 0 Å². The SMILES string of the molecule is O=C([O-])Cc1ccc(Oc2ccc(CC3SC(=O)NC3=O)cc2)cc1.[Na+]. The van der Waals surface area contributed by atoms with Crippen molar-refractivity contribution in [3.8, 4) is 11.5 Å². The molecule has 0 aromatic heterocycles. The summed E-state index contributed by atoms with van der Waals surface area (Å²) in [5.74, 6) is -0.172. The molecule has 0 radical (unpaired) electrons.